The molecule has 2 aliphatic heterocycles. The van der Waals surface area contributed by atoms with Crippen LogP contribution in [0.15, 0.2) is 78.9 Å². The van der Waals surface area contributed by atoms with Gasteiger partial charge in [0.1, 0.15) is 6.04 Å². The average Bonchev–Trinajstić information content (AvgIpc) is 3.05. The molecule has 0 aromatic heterocycles. The number of nitrogens with zero attached hydrogens (tertiary/aromatic N) is 1. The maximum absolute atomic E-state index is 12.8. The van der Waals surface area contributed by atoms with Crippen molar-refractivity contribution in [2.75, 3.05) is 45.3 Å². The average molecular weight is 590 g/mol. The SMILES string of the molecule is COC(=O)C(Cc1ccccc1)NC(=O)Nc1ccc(C2OC(CN3CCOCC3)CC(c3ccc(CO)cc3)O2)cc1. The molecule has 0 aliphatic carbocycles. The summed E-state index contributed by atoms with van der Waals surface area (Å²) in [6.45, 7) is 3.93. The third-order valence-corrected chi connectivity index (χ3v) is 7.69. The van der Waals surface area contributed by atoms with E-state index < -0.39 is 24.3 Å². The van der Waals surface area contributed by atoms with Crippen LogP contribution in [0.3, 0.4) is 0 Å². The molecule has 43 heavy (non-hydrogen) atoms. The molecule has 3 N–H and O–H groups in total. The lowest BCUT2D eigenvalue weighted by molar-refractivity contribution is -0.253. The molecule has 2 fully saturated rings. The highest BCUT2D eigenvalue weighted by Gasteiger charge is 2.33. The number of anilines is 1. The number of ether oxygens (including phenoxy) is 4. The molecule has 0 radical (unpaired) electrons. The molecule has 0 bridgehead atoms. The number of amides is 2. The number of esters is 1. The minimum Gasteiger partial charge on any atom is -0.467 e. The summed E-state index contributed by atoms with van der Waals surface area (Å²) >= 11 is 0. The van der Waals surface area contributed by atoms with Crippen molar-refractivity contribution < 1.29 is 33.6 Å². The molecular weight excluding hydrogens is 550 g/mol. The van der Waals surface area contributed by atoms with Crippen molar-refractivity contribution in [2.45, 2.75) is 44.0 Å². The molecule has 0 spiro atoms. The number of methoxy groups -OCH3 is 1. The van der Waals surface area contributed by atoms with E-state index in [0.717, 1.165) is 41.9 Å². The topological polar surface area (TPSA) is 119 Å². The fourth-order valence-electron chi connectivity index (χ4n) is 5.34. The van der Waals surface area contributed by atoms with Crippen molar-refractivity contribution in [3.8, 4) is 0 Å². The molecule has 0 saturated carbocycles. The number of aliphatic hydroxyl groups is 1. The van der Waals surface area contributed by atoms with E-state index in [-0.39, 0.29) is 18.8 Å². The van der Waals surface area contributed by atoms with Gasteiger partial charge < -0.3 is 34.7 Å². The molecule has 3 aromatic carbocycles. The normalized spacial score (nSPS) is 21.5. The fourth-order valence-corrected chi connectivity index (χ4v) is 5.34. The molecule has 10 nitrogen and oxygen atoms in total. The highest BCUT2D eigenvalue weighted by molar-refractivity contribution is 5.92. The van der Waals surface area contributed by atoms with E-state index in [1.54, 1.807) is 12.1 Å². The summed E-state index contributed by atoms with van der Waals surface area (Å²) in [5.41, 5.74) is 4.17. The van der Waals surface area contributed by atoms with Crippen molar-refractivity contribution in [1.82, 2.24) is 10.2 Å². The first kappa shape index (κ1) is 30.7. The zero-order valence-electron chi connectivity index (χ0n) is 24.3. The van der Waals surface area contributed by atoms with Gasteiger partial charge >= 0.3 is 12.0 Å². The van der Waals surface area contributed by atoms with Gasteiger partial charge in [-0.05, 0) is 28.8 Å². The predicted molar refractivity (Wildman–Crippen MR) is 160 cm³/mol. The van der Waals surface area contributed by atoms with E-state index >= 15 is 0 Å². The number of aliphatic hydroxyl groups excluding tert-OH is 1. The van der Waals surface area contributed by atoms with Crippen LogP contribution in [0.5, 0.6) is 0 Å². The fraction of sp³-hybridized carbons (Fsp3) is 0.394. The third-order valence-electron chi connectivity index (χ3n) is 7.69. The van der Waals surface area contributed by atoms with Crippen molar-refractivity contribution in [3.63, 3.8) is 0 Å². The van der Waals surface area contributed by atoms with Gasteiger partial charge in [-0.15, -0.1) is 0 Å². The number of urea groups is 1. The molecule has 228 valence electrons. The molecule has 3 aromatic rings. The summed E-state index contributed by atoms with van der Waals surface area (Å²) in [6, 6.07) is 23.2. The Morgan fingerprint density at radius 2 is 1.63 bits per heavy atom. The zero-order chi connectivity index (χ0) is 30.0. The standard InChI is InChI=1S/C33H39N3O7/c1-40-31(38)29(19-23-5-3-2-4-6-23)35-33(39)34-27-13-11-26(12-14-27)32-42-28(21-36-15-17-41-18-16-36)20-30(43-32)25-9-7-24(22-37)8-10-25/h2-14,28-30,32,37H,15-22H2,1H3,(H2,34,35,39). The number of carbonyl (C=O) groups excluding carboxylic acids is 2. The van der Waals surface area contributed by atoms with Crippen LogP contribution in [0.2, 0.25) is 0 Å². The number of carbonyl (C=O) groups is 2. The second-order valence-electron chi connectivity index (χ2n) is 10.7. The van der Waals surface area contributed by atoms with Crippen LogP contribution in [0.1, 0.15) is 41.1 Å². The molecular formula is C33H39N3O7. The second kappa shape index (κ2) is 15.1. The van der Waals surface area contributed by atoms with Crippen LogP contribution in [0.4, 0.5) is 10.5 Å². The van der Waals surface area contributed by atoms with Gasteiger partial charge in [0.15, 0.2) is 6.29 Å². The van der Waals surface area contributed by atoms with Crippen LogP contribution in [-0.4, -0.2) is 74.1 Å². The summed E-state index contributed by atoms with van der Waals surface area (Å²) in [6.07, 6.45) is 0.186. The van der Waals surface area contributed by atoms with E-state index in [0.29, 0.717) is 31.7 Å². The quantitative estimate of drug-likeness (QED) is 0.304. The molecule has 10 heteroatoms. The first-order valence-corrected chi connectivity index (χ1v) is 14.6. The maximum Gasteiger partial charge on any atom is 0.328 e. The first-order chi connectivity index (χ1) is 21.0. The van der Waals surface area contributed by atoms with Crippen molar-refractivity contribution >= 4 is 17.7 Å². The van der Waals surface area contributed by atoms with Gasteiger partial charge in [-0.1, -0.05) is 66.7 Å². The number of nitrogens with one attached hydrogen (secondary N) is 2. The molecule has 4 atom stereocenters. The van der Waals surface area contributed by atoms with Gasteiger partial charge in [-0.25, -0.2) is 9.59 Å². The number of hydrogen-bond donors (Lipinski definition) is 3. The number of benzene rings is 3. The minimum atomic E-state index is -0.831. The van der Waals surface area contributed by atoms with Crippen LogP contribution >= 0.6 is 0 Å². The van der Waals surface area contributed by atoms with Crippen molar-refractivity contribution in [3.05, 3.63) is 101 Å². The summed E-state index contributed by atoms with van der Waals surface area (Å²) in [7, 11) is 1.30. The Morgan fingerprint density at radius 1 is 0.930 bits per heavy atom. The van der Waals surface area contributed by atoms with Gasteiger partial charge in [-0.3, -0.25) is 4.90 Å². The molecule has 2 amide bonds. The first-order valence-electron chi connectivity index (χ1n) is 14.6. The Hall–Kier alpha value is -3.80. The van der Waals surface area contributed by atoms with Crippen LogP contribution < -0.4 is 10.6 Å². The van der Waals surface area contributed by atoms with Crippen LogP contribution in [0.25, 0.3) is 0 Å². The highest BCUT2D eigenvalue weighted by atomic mass is 16.7. The summed E-state index contributed by atoms with van der Waals surface area (Å²) in [5.74, 6) is -0.520. The van der Waals surface area contributed by atoms with Gasteiger partial charge in [0.2, 0.25) is 0 Å². The minimum absolute atomic E-state index is 0.00796. The Kier molecular flexibility index (Phi) is 10.8. The van der Waals surface area contributed by atoms with E-state index in [1.807, 2.05) is 66.7 Å². The van der Waals surface area contributed by atoms with Crippen LogP contribution in [-0.2, 0) is 36.8 Å². The van der Waals surface area contributed by atoms with Crippen LogP contribution in [0, 0.1) is 0 Å². The molecule has 2 saturated heterocycles. The van der Waals surface area contributed by atoms with E-state index in [1.165, 1.54) is 7.11 Å². The molecule has 5 rings (SSSR count). The van der Waals surface area contributed by atoms with Crippen molar-refractivity contribution in [2.24, 2.45) is 0 Å². The molecule has 2 heterocycles. The second-order valence-corrected chi connectivity index (χ2v) is 10.7. The Morgan fingerprint density at radius 3 is 2.30 bits per heavy atom. The zero-order valence-corrected chi connectivity index (χ0v) is 24.3. The summed E-state index contributed by atoms with van der Waals surface area (Å²) in [4.78, 5) is 27.5. The van der Waals surface area contributed by atoms with Gasteiger partial charge in [-0.2, -0.15) is 0 Å². The Bertz CT molecular complexity index is 1310. The van der Waals surface area contributed by atoms with Gasteiger partial charge in [0, 0.05) is 43.7 Å². The third kappa shape index (κ3) is 8.62. The lowest BCUT2D eigenvalue weighted by atomic mass is 9.99. The molecule has 4 unspecified atom stereocenters. The van der Waals surface area contributed by atoms with Crippen molar-refractivity contribution in [1.29, 1.82) is 0 Å². The number of hydrogen-bond acceptors (Lipinski definition) is 8. The monoisotopic (exact) mass is 589 g/mol. The Balaban J connectivity index is 1.24. The predicted octanol–water partition coefficient (Wildman–Crippen LogP) is 3.96. The maximum atomic E-state index is 12.8. The molecule has 2 aliphatic rings. The highest BCUT2D eigenvalue weighted by Crippen LogP contribution is 2.38. The largest absolute Gasteiger partial charge is 0.467 e. The van der Waals surface area contributed by atoms with E-state index in [2.05, 4.69) is 15.5 Å². The Labute approximate surface area is 251 Å². The smallest absolute Gasteiger partial charge is 0.328 e. The summed E-state index contributed by atoms with van der Waals surface area (Å²) in [5, 5.41) is 15.0. The number of rotatable bonds is 10. The van der Waals surface area contributed by atoms with E-state index in [4.69, 9.17) is 18.9 Å². The number of morpholine rings is 1. The lowest BCUT2D eigenvalue weighted by Gasteiger charge is -2.39. The lowest BCUT2D eigenvalue weighted by Crippen LogP contribution is -2.45. The van der Waals surface area contributed by atoms with Gasteiger partial charge in [0.25, 0.3) is 0 Å². The van der Waals surface area contributed by atoms with E-state index in [9.17, 15) is 14.7 Å². The van der Waals surface area contributed by atoms with Gasteiger partial charge in [0.05, 0.1) is 39.1 Å². The summed E-state index contributed by atoms with van der Waals surface area (Å²) < 4.78 is 23.3.